The minimum atomic E-state index is -0.189. The van der Waals surface area contributed by atoms with E-state index in [2.05, 4.69) is 30.6 Å². The summed E-state index contributed by atoms with van der Waals surface area (Å²) in [6, 6.07) is 9.04. The van der Waals surface area contributed by atoms with Crippen LogP contribution in [0.15, 0.2) is 24.3 Å². The highest BCUT2D eigenvalue weighted by atomic mass is 16.2. The zero-order chi connectivity index (χ0) is 14.5. The van der Waals surface area contributed by atoms with Crippen molar-refractivity contribution in [2.24, 2.45) is 11.8 Å². The van der Waals surface area contributed by atoms with Crippen LogP contribution in [0.4, 0.5) is 10.5 Å². The first kappa shape index (κ1) is 14.4. The molecule has 1 aromatic carbocycles. The molecule has 0 spiro atoms. The Bertz CT molecular complexity index is 511. The van der Waals surface area contributed by atoms with Crippen LogP contribution in [-0.2, 0) is 0 Å². The maximum atomic E-state index is 12.1. The van der Waals surface area contributed by atoms with Crippen molar-refractivity contribution in [3.8, 4) is 6.07 Å². The number of rotatable bonds is 2. The lowest BCUT2D eigenvalue weighted by atomic mass is 9.79. The topological polar surface area (TPSA) is 64.9 Å². The average molecular weight is 271 g/mol. The van der Waals surface area contributed by atoms with Gasteiger partial charge in [-0.05, 0) is 42.9 Å². The van der Waals surface area contributed by atoms with Crippen molar-refractivity contribution < 1.29 is 4.79 Å². The number of anilines is 1. The predicted octanol–water partition coefficient (Wildman–Crippen LogP) is 3.50. The predicted molar refractivity (Wildman–Crippen MR) is 79.3 cm³/mol. The highest BCUT2D eigenvalue weighted by Crippen LogP contribution is 2.28. The van der Waals surface area contributed by atoms with E-state index >= 15 is 0 Å². The van der Waals surface area contributed by atoms with E-state index < -0.39 is 0 Å². The van der Waals surface area contributed by atoms with E-state index in [1.807, 2.05) is 0 Å². The normalized spacial score (nSPS) is 25.6. The molecule has 1 aliphatic rings. The molecule has 0 bridgehead atoms. The second-order valence-corrected chi connectivity index (χ2v) is 5.70. The van der Waals surface area contributed by atoms with E-state index in [9.17, 15) is 4.79 Å². The van der Waals surface area contributed by atoms with Crippen molar-refractivity contribution >= 4 is 11.7 Å². The lowest BCUT2D eigenvalue weighted by Crippen LogP contribution is -2.47. The fraction of sp³-hybridized carbons (Fsp3) is 0.500. The van der Waals surface area contributed by atoms with Crippen LogP contribution in [0.5, 0.6) is 0 Å². The molecular formula is C16H21N3O. The van der Waals surface area contributed by atoms with Crippen LogP contribution in [0, 0.1) is 23.2 Å². The van der Waals surface area contributed by atoms with Gasteiger partial charge in [0.2, 0.25) is 0 Å². The Morgan fingerprint density at radius 1 is 1.30 bits per heavy atom. The number of nitrogens with one attached hydrogen (secondary N) is 2. The molecule has 0 aliphatic heterocycles. The molecule has 2 amide bonds. The zero-order valence-electron chi connectivity index (χ0n) is 12.0. The Morgan fingerprint density at radius 3 is 2.65 bits per heavy atom. The first-order valence-electron chi connectivity index (χ1n) is 7.18. The number of hydrogen-bond donors (Lipinski definition) is 2. The van der Waals surface area contributed by atoms with Crippen LogP contribution < -0.4 is 10.6 Å². The van der Waals surface area contributed by atoms with Crippen LogP contribution in [0.2, 0.25) is 0 Å². The fourth-order valence-corrected chi connectivity index (χ4v) is 2.95. The van der Waals surface area contributed by atoms with Gasteiger partial charge in [-0.3, -0.25) is 0 Å². The number of nitrogens with zero attached hydrogens (tertiary/aromatic N) is 1. The van der Waals surface area contributed by atoms with Gasteiger partial charge in [-0.25, -0.2) is 4.79 Å². The van der Waals surface area contributed by atoms with Crippen LogP contribution in [0.1, 0.15) is 38.7 Å². The van der Waals surface area contributed by atoms with E-state index in [4.69, 9.17) is 5.26 Å². The van der Waals surface area contributed by atoms with E-state index in [-0.39, 0.29) is 12.1 Å². The van der Waals surface area contributed by atoms with E-state index in [0.717, 1.165) is 0 Å². The molecule has 1 fully saturated rings. The SMILES string of the molecule is CC1CCCC(C)C1NC(=O)Nc1cccc(C#N)c1. The van der Waals surface area contributed by atoms with Crippen molar-refractivity contribution in [2.45, 2.75) is 39.2 Å². The number of nitriles is 1. The standard InChI is InChI=1S/C16H21N3O/c1-11-5-3-6-12(2)15(11)19-16(20)18-14-8-4-7-13(9-14)10-17/h4,7-9,11-12,15H,3,5-6H2,1-2H3,(H2,18,19,20). The summed E-state index contributed by atoms with van der Waals surface area (Å²) < 4.78 is 0. The Balaban J connectivity index is 1.96. The van der Waals surface area contributed by atoms with Gasteiger partial charge in [0, 0.05) is 11.7 Å². The summed E-state index contributed by atoms with van der Waals surface area (Å²) in [6.07, 6.45) is 3.57. The number of carbonyl (C=O) groups is 1. The summed E-state index contributed by atoms with van der Waals surface area (Å²) in [5.41, 5.74) is 1.19. The Kier molecular flexibility index (Phi) is 4.62. The monoisotopic (exact) mass is 271 g/mol. The number of urea groups is 1. The maximum absolute atomic E-state index is 12.1. The third-order valence-electron chi connectivity index (χ3n) is 4.09. The lowest BCUT2D eigenvalue weighted by Gasteiger charge is -2.35. The molecule has 2 atom stereocenters. The summed E-state index contributed by atoms with van der Waals surface area (Å²) in [5.74, 6) is 1.02. The van der Waals surface area contributed by atoms with Crippen LogP contribution in [0.3, 0.4) is 0 Å². The molecule has 2 rings (SSSR count). The third-order valence-corrected chi connectivity index (χ3v) is 4.09. The molecule has 2 unspecified atom stereocenters. The summed E-state index contributed by atoms with van der Waals surface area (Å²) in [7, 11) is 0. The smallest absolute Gasteiger partial charge is 0.319 e. The molecule has 0 radical (unpaired) electrons. The van der Waals surface area contributed by atoms with E-state index in [0.29, 0.717) is 23.1 Å². The van der Waals surface area contributed by atoms with Gasteiger partial charge in [-0.1, -0.05) is 26.3 Å². The van der Waals surface area contributed by atoms with Gasteiger partial charge in [0.15, 0.2) is 0 Å². The summed E-state index contributed by atoms with van der Waals surface area (Å²) >= 11 is 0. The zero-order valence-corrected chi connectivity index (χ0v) is 12.0. The van der Waals surface area contributed by atoms with Crippen molar-refractivity contribution in [1.82, 2.24) is 5.32 Å². The van der Waals surface area contributed by atoms with Crippen molar-refractivity contribution in [2.75, 3.05) is 5.32 Å². The molecule has 0 aromatic heterocycles. The van der Waals surface area contributed by atoms with Gasteiger partial charge >= 0.3 is 6.03 Å². The van der Waals surface area contributed by atoms with E-state index in [1.165, 1.54) is 19.3 Å². The van der Waals surface area contributed by atoms with Crippen LogP contribution in [-0.4, -0.2) is 12.1 Å². The van der Waals surface area contributed by atoms with Crippen LogP contribution in [0.25, 0.3) is 0 Å². The van der Waals surface area contributed by atoms with Crippen molar-refractivity contribution in [1.29, 1.82) is 5.26 Å². The van der Waals surface area contributed by atoms with Gasteiger partial charge in [0.1, 0.15) is 0 Å². The Hall–Kier alpha value is -2.02. The number of benzene rings is 1. The second kappa shape index (κ2) is 6.42. The summed E-state index contributed by atoms with van der Waals surface area (Å²) in [4.78, 5) is 12.1. The van der Waals surface area contributed by atoms with E-state index in [1.54, 1.807) is 24.3 Å². The molecule has 1 saturated carbocycles. The summed E-state index contributed by atoms with van der Waals surface area (Å²) in [5, 5.41) is 14.7. The number of hydrogen-bond acceptors (Lipinski definition) is 2. The largest absolute Gasteiger partial charge is 0.335 e. The van der Waals surface area contributed by atoms with Crippen LogP contribution >= 0.6 is 0 Å². The Morgan fingerprint density at radius 2 is 2.00 bits per heavy atom. The average Bonchev–Trinajstić information content (AvgIpc) is 2.43. The molecular weight excluding hydrogens is 250 g/mol. The second-order valence-electron chi connectivity index (χ2n) is 5.70. The van der Waals surface area contributed by atoms with Gasteiger partial charge in [-0.2, -0.15) is 5.26 Å². The highest BCUT2D eigenvalue weighted by Gasteiger charge is 2.28. The first-order valence-corrected chi connectivity index (χ1v) is 7.18. The quantitative estimate of drug-likeness (QED) is 0.864. The molecule has 1 aromatic rings. The van der Waals surface area contributed by atoms with Crippen molar-refractivity contribution in [3.05, 3.63) is 29.8 Å². The first-order chi connectivity index (χ1) is 9.60. The van der Waals surface area contributed by atoms with Gasteiger partial charge in [0.25, 0.3) is 0 Å². The molecule has 106 valence electrons. The van der Waals surface area contributed by atoms with Gasteiger partial charge in [-0.15, -0.1) is 0 Å². The molecule has 0 saturated heterocycles. The third kappa shape index (κ3) is 3.51. The molecule has 2 N–H and O–H groups in total. The molecule has 1 aliphatic carbocycles. The molecule has 20 heavy (non-hydrogen) atoms. The molecule has 4 nitrogen and oxygen atoms in total. The highest BCUT2D eigenvalue weighted by molar-refractivity contribution is 5.89. The fourth-order valence-electron chi connectivity index (χ4n) is 2.95. The van der Waals surface area contributed by atoms with Gasteiger partial charge < -0.3 is 10.6 Å². The molecule has 0 heterocycles. The lowest BCUT2D eigenvalue weighted by molar-refractivity contribution is 0.202. The number of amides is 2. The minimum Gasteiger partial charge on any atom is -0.335 e. The maximum Gasteiger partial charge on any atom is 0.319 e. The van der Waals surface area contributed by atoms with Crippen molar-refractivity contribution in [3.63, 3.8) is 0 Å². The number of carbonyl (C=O) groups excluding carboxylic acids is 1. The Labute approximate surface area is 120 Å². The molecule has 4 heteroatoms. The van der Waals surface area contributed by atoms with Gasteiger partial charge in [0.05, 0.1) is 11.6 Å². The minimum absolute atomic E-state index is 0.189. The summed E-state index contributed by atoms with van der Waals surface area (Å²) in [6.45, 7) is 4.38.